The van der Waals surface area contributed by atoms with Crippen molar-refractivity contribution in [2.24, 2.45) is 0 Å². The number of carbonyl (C=O) groups excluding carboxylic acids is 1. The van der Waals surface area contributed by atoms with Crippen molar-refractivity contribution in [3.05, 3.63) is 0 Å². The van der Waals surface area contributed by atoms with E-state index in [9.17, 15) is 4.79 Å². The Hall–Kier alpha value is -0.610. The molecule has 4 nitrogen and oxygen atoms in total. The van der Waals surface area contributed by atoms with Crippen molar-refractivity contribution in [2.75, 3.05) is 33.2 Å². The molecular formula is C17H31N3O. The lowest BCUT2D eigenvalue weighted by molar-refractivity contribution is -0.132. The quantitative estimate of drug-likeness (QED) is 0.861. The fourth-order valence-corrected chi connectivity index (χ4v) is 4.52. The zero-order valence-electron chi connectivity index (χ0n) is 13.6. The average molecular weight is 293 g/mol. The summed E-state index contributed by atoms with van der Waals surface area (Å²) in [5.41, 5.74) is 0.0844. The van der Waals surface area contributed by atoms with E-state index in [0.717, 1.165) is 13.1 Å². The first-order valence-electron chi connectivity index (χ1n) is 8.93. The molecular weight excluding hydrogens is 262 g/mol. The largest absolute Gasteiger partial charge is 0.341 e. The van der Waals surface area contributed by atoms with E-state index in [4.69, 9.17) is 0 Å². The van der Waals surface area contributed by atoms with Gasteiger partial charge in [-0.25, -0.2) is 0 Å². The molecule has 0 spiro atoms. The molecule has 21 heavy (non-hydrogen) atoms. The van der Waals surface area contributed by atoms with Crippen LogP contribution in [0.3, 0.4) is 0 Å². The highest BCUT2D eigenvalue weighted by atomic mass is 16.2. The van der Waals surface area contributed by atoms with Gasteiger partial charge in [0, 0.05) is 31.1 Å². The lowest BCUT2D eigenvalue weighted by Gasteiger charge is -2.37. The van der Waals surface area contributed by atoms with E-state index in [-0.39, 0.29) is 5.54 Å². The van der Waals surface area contributed by atoms with Crippen LogP contribution in [-0.4, -0.2) is 60.5 Å². The molecule has 0 bridgehead atoms. The summed E-state index contributed by atoms with van der Waals surface area (Å²) in [4.78, 5) is 17.4. The van der Waals surface area contributed by atoms with Gasteiger partial charge < -0.3 is 10.2 Å². The zero-order valence-corrected chi connectivity index (χ0v) is 13.6. The van der Waals surface area contributed by atoms with Crippen LogP contribution in [-0.2, 0) is 4.79 Å². The van der Waals surface area contributed by atoms with E-state index in [2.05, 4.69) is 15.1 Å². The number of carbonyl (C=O) groups is 1. The highest BCUT2D eigenvalue weighted by Gasteiger charge is 2.37. The summed E-state index contributed by atoms with van der Waals surface area (Å²) < 4.78 is 0. The standard InChI is InChI=1S/C17H31N3O/c1-18-17(8-3-2-4-9-17)13-16(21)20-12-7-15(14-20)19-10-5-6-11-19/h15,18H,2-14H2,1H3. The number of likely N-dealkylation sites (tertiary alicyclic amines) is 2. The molecule has 3 rings (SSSR count). The van der Waals surface area contributed by atoms with Crippen molar-refractivity contribution < 1.29 is 4.79 Å². The minimum Gasteiger partial charge on any atom is -0.341 e. The molecule has 0 aromatic rings. The van der Waals surface area contributed by atoms with Crippen LogP contribution in [0, 0.1) is 0 Å². The van der Waals surface area contributed by atoms with E-state index >= 15 is 0 Å². The Kier molecular flexibility index (Phi) is 4.85. The van der Waals surface area contributed by atoms with Gasteiger partial charge in [0.2, 0.25) is 5.91 Å². The van der Waals surface area contributed by atoms with Crippen molar-refractivity contribution >= 4 is 5.91 Å². The Morgan fingerprint density at radius 1 is 1.10 bits per heavy atom. The Balaban J connectivity index is 1.53. The Labute approximate surface area is 129 Å². The van der Waals surface area contributed by atoms with E-state index in [0.29, 0.717) is 18.4 Å². The molecule has 1 amide bonds. The maximum absolute atomic E-state index is 12.7. The van der Waals surface area contributed by atoms with Gasteiger partial charge in [-0.15, -0.1) is 0 Å². The first kappa shape index (κ1) is 15.3. The van der Waals surface area contributed by atoms with Crippen molar-refractivity contribution in [1.82, 2.24) is 15.1 Å². The van der Waals surface area contributed by atoms with Crippen LogP contribution in [0.4, 0.5) is 0 Å². The normalized spacial score (nSPS) is 30.0. The first-order chi connectivity index (χ1) is 10.2. The second-order valence-electron chi connectivity index (χ2n) is 7.29. The van der Waals surface area contributed by atoms with Crippen LogP contribution in [0.5, 0.6) is 0 Å². The van der Waals surface area contributed by atoms with Crippen LogP contribution >= 0.6 is 0 Å². The topological polar surface area (TPSA) is 35.6 Å². The van der Waals surface area contributed by atoms with E-state index in [1.54, 1.807) is 0 Å². The molecule has 3 fully saturated rings. The number of nitrogens with one attached hydrogen (secondary N) is 1. The minimum atomic E-state index is 0.0844. The number of rotatable bonds is 4. The fourth-order valence-electron chi connectivity index (χ4n) is 4.52. The van der Waals surface area contributed by atoms with E-state index < -0.39 is 0 Å². The molecule has 3 aliphatic rings. The molecule has 1 atom stereocenters. The Bertz CT molecular complexity index is 359. The summed E-state index contributed by atoms with van der Waals surface area (Å²) in [6.07, 6.45) is 10.8. The summed E-state index contributed by atoms with van der Waals surface area (Å²) in [6.45, 7) is 4.43. The highest BCUT2D eigenvalue weighted by molar-refractivity contribution is 5.77. The average Bonchev–Trinajstić information content (AvgIpc) is 3.19. The van der Waals surface area contributed by atoms with Crippen LogP contribution in [0.2, 0.25) is 0 Å². The summed E-state index contributed by atoms with van der Waals surface area (Å²) in [7, 11) is 2.04. The maximum Gasteiger partial charge on any atom is 0.224 e. The molecule has 2 heterocycles. The number of amides is 1. The Morgan fingerprint density at radius 3 is 2.48 bits per heavy atom. The molecule has 0 radical (unpaired) electrons. The van der Waals surface area contributed by atoms with Gasteiger partial charge >= 0.3 is 0 Å². The van der Waals surface area contributed by atoms with Crippen LogP contribution in [0.15, 0.2) is 0 Å². The third-order valence-corrected chi connectivity index (χ3v) is 6.00. The van der Waals surface area contributed by atoms with Crippen molar-refractivity contribution in [3.63, 3.8) is 0 Å². The van der Waals surface area contributed by atoms with Gasteiger partial charge in [0.25, 0.3) is 0 Å². The fraction of sp³-hybridized carbons (Fsp3) is 0.941. The van der Waals surface area contributed by atoms with Crippen molar-refractivity contribution in [1.29, 1.82) is 0 Å². The SMILES string of the molecule is CNC1(CC(=O)N2CCC(N3CCCC3)C2)CCCCC1. The minimum absolute atomic E-state index is 0.0844. The van der Waals surface area contributed by atoms with Crippen LogP contribution < -0.4 is 5.32 Å². The van der Waals surface area contributed by atoms with Gasteiger partial charge in [-0.3, -0.25) is 9.69 Å². The molecule has 1 unspecified atom stereocenters. The van der Waals surface area contributed by atoms with Crippen LogP contribution in [0.25, 0.3) is 0 Å². The molecule has 0 aromatic carbocycles. The molecule has 2 aliphatic heterocycles. The van der Waals surface area contributed by atoms with E-state index in [1.165, 1.54) is 64.5 Å². The third-order valence-electron chi connectivity index (χ3n) is 6.00. The third kappa shape index (κ3) is 3.42. The maximum atomic E-state index is 12.7. The molecule has 4 heteroatoms. The molecule has 2 saturated heterocycles. The summed E-state index contributed by atoms with van der Waals surface area (Å²) in [6, 6.07) is 0.633. The van der Waals surface area contributed by atoms with Gasteiger partial charge in [-0.1, -0.05) is 19.3 Å². The molecule has 1 N–H and O–H groups in total. The number of hydrogen-bond acceptors (Lipinski definition) is 3. The number of hydrogen-bond donors (Lipinski definition) is 1. The van der Waals surface area contributed by atoms with Crippen molar-refractivity contribution in [2.45, 2.75) is 69.4 Å². The monoisotopic (exact) mass is 293 g/mol. The molecule has 120 valence electrons. The second-order valence-corrected chi connectivity index (χ2v) is 7.29. The second kappa shape index (κ2) is 6.66. The van der Waals surface area contributed by atoms with E-state index in [1.807, 2.05) is 7.05 Å². The summed E-state index contributed by atoms with van der Waals surface area (Å²) >= 11 is 0. The van der Waals surface area contributed by atoms with Crippen molar-refractivity contribution in [3.8, 4) is 0 Å². The number of nitrogens with zero attached hydrogens (tertiary/aromatic N) is 2. The molecule has 1 aliphatic carbocycles. The highest BCUT2D eigenvalue weighted by Crippen LogP contribution is 2.32. The van der Waals surface area contributed by atoms with Gasteiger partial charge in [-0.05, 0) is 52.2 Å². The van der Waals surface area contributed by atoms with Crippen LogP contribution in [0.1, 0.15) is 57.8 Å². The van der Waals surface area contributed by atoms with Gasteiger partial charge in [0.15, 0.2) is 0 Å². The van der Waals surface area contributed by atoms with Gasteiger partial charge in [0.1, 0.15) is 0 Å². The predicted octanol–water partition coefficient (Wildman–Crippen LogP) is 2.00. The van der Waals surface area contributed by atoms with Gasteiger partial charge in [0.05, 0.1) is 0 Å². The first-order valence-corrected chi connectivity index (χ1v) is 8.93. The predicted molar refractivity (Wildman–Crippen MR) is 85.3 cm³/mol. The smallest absolute Gasteiger partial charge is 0.224 e. The summed E-state index contributed by atoms with van der Waals surface area (Å²) in [5, 5.41) is 3.48. The summed E-state index contributed by atoms with van der Waals surface area (Å²) in [5.74, 6) is 0.382. The zero-order chi connectivity index (χ0) is 14.7. The Morgan fingerprint density at radius 2 is 1.81 bits per heavy atom. The van der Waals surface area contributed by atoms with Gasteiger partial charge in [-0.2, -0.15) is 0 Å². The lowest BCUT2D eigenvalue weighted by Crippen LogP contribution is -2.49. The lowest BCUT2D eigenvalue weighted by atomic mass is 9.79. The molecule has 0 aromatic heterocycles. The molecule has 1 saturated carbocycles.